The smallest absolute Gasteiger partial charge is 0.273 e. The second-order valence-corrected chi connectivity index (χ2v) is 6.58. The van der Waals surface area contributed by atoms with Gasteiger partial charge in [0.2, 0.25) is 0 Å². The Labute approximate surface area is 139 Å². The van der Waals surface area contributed by atoms with Crippen LogP contribution in [0, 0.1) is 6.92 Å². The number of rotatable bonds is 3. The van der Waals surface area contributed by atoms with Crippen LogP contribution in [-0.2, 0) is 0 Å². The van der Waals surface area contributed by atoms with Crippen molar-refractivity contribution in [1.29, 1.82) is 0 Å². The number of thiazole rings is 1. The van der Waals surface area contributed by atoms with Crippen LogP contribution in [0.15, 0.2) is 35.8 Å². The molecule has 0 atom stereocenters. The Morgan fingerprint density at radius 1 is 1.13 bits per heavy atom. The number of hydrogen-bond donors (Lipinski definition) is 0. The van der Waals surface area contributed by atoms with Crippen LogP contribution in [0.1, 0.15) is 18.5 Å². The number of piperidine rings is 1. The molecule has 1 saturated heterocycles. The highest BCUT2D eigenvalue weighted by Gasteiger charge is 2.23. The molecule has 4 rings (SSSR count). The Bertz CT molecular complexity index is 797. The number of para-hydroxylation sites is 2. The van der Waals surface area contributed by atoms with Gasteiger partial charge >= 0.3 is 0 Å². The number of ether oxygens (including phenoxy) is 1. The third kappa shape index (κ3) is 2.99. The molecule has 0 spiro atoms. The molecule has 0 amide bonds. The predicted molar refractivity (Wildman–Crippen MR) is 92.3 cm³/mol. The highest BCUT2D eigenvalue weighted by atomic mass is 32.1. The fraction of sp³-hybridized carbons (Fsp3) is 0.353. The number of fused-ring (bicyclic) bond motifs is 1. The predicted octanol–water partition coefficient (Wildman–Crippen LogP) is 3.44. The van der Waals surface area contributed by atoms with Crippen LogP contribution < -0.4 is 9.64 Å². The van der Waals surface area contributed by atoms with Gasteiger partial charge < -0.3 is 9.64 Å². The summed E-state index contributed by atoms with van der Waals surface area (Å²) in [6.07, 6.45) is 3.98. The Kier molecular flexibility index (Phi) is 3.83. The van der Waals surface area contributed by atoms with Gasteiger partial charge in [0, 0.05) is 37.5 Å². The summed E-state index contributed by atoms with van der Waals surface area (Å²) in [5, 5.41) is 2.71. The van der Waals surface area contributed by atoms with Crippen molar-refractivity contribution in [3.8, 4) is 5.19 Å². The minimum Gasteiger partial charge on any atom is -0.467 e. The maximum Gasteiger partial charge on any atom is 0.273 e. The molecule has 0 saturated carbocycles. The van der Waals surface area contributed by atoms with Gasteiger partial charge in [-0.25, -0.2) is 15.0 Å². The van der Waals surface area contributed by atoms with Crippen molar-refractivity contribution in [2.75, 3.05) is 18.0 Å². The molecule has 0 radical (unpaired) electrons. The fourth-order valence-corrected chi connectivity index (χ4v) is 3.53. The van der Waals surface area contributed by atoms with E-state index in [0.29, 0.717) is 0 Å². The Morgan fingerprint density at radius 3 is 2.57 bits per heavy atom. The van der Waals surface area contributed by atoms with Crippen molar-refractivity contribution in [3.63, 3.8) is 0 Å². The first-order valence-corrected chi connectivity index (χ1v) is 8.72. The third-order valence-corrected chi connectivity index (χ3v) is 4.80. The summed E-state index contributed by atoms with van der Waals surface area (Å²) in [6.45, 7) is 3.90. The van der Waals surface area contributed by atoms with Gasteiger partial charge in [0.05, 0.1) is 16.7 Å². The van der Waals surface area contributed by atoms with Gasteiger partial charge in [-0.1, -0.05) is 23.5 Å². The maximum absolute atomic E-state index is 5.92. The van der Waals surface area contributed by atoms with E-state index in [1.165, 1.54) is 0 Å². The highest BCUT2D eigenvalue weighted by molar-refractivity contribution is 7.11. The third-order valence-electron chi connectivity index (χ3n) is 4.14. The zero-order valence-corrected chi connectivity index (χ0v) is 13.8. The van der Waals surface area contributed by atoms with Crippen molar-refractivity contribution in [2.24, 2.45) is 0 Å². The van der Waals surface area contributed by atoms with Crippen molar-refractivity contribution in [3.05, 3.63) is 41.5 Å². The van der Waals surface area contributed by atoms with E-state index in [1.54, 1.807) is 17.5 Å². The van der Waals surface area contributed by atoms with Crippen LogP contribution in [-0.4, -0.2) is 34.1 Å². The van der Waals surface area contributed by atoms with Crippen molar-refractivity contribution in [2.45, 2.75) is 25.9 Å². The lowest BCUT2D eigenvalue weighted by atomic mass is 10.1. The van der Waals surface area contributed by atoms with Crippen LogP contribution in [0.5, 0.6) is 5.19 Å². The van der Waals surface area contributed by atoms with E-state index in [2.05, 4.69) is 14.9 Å². The van der Waals surface area contributed by atoms with E-state index in [4.69, 9.17) is 9.72 Å². The average molecular weight is 326 g/mol. The first-order chi connectivity index (χ1) is 11.3. The topological polar surface area (TPSA) is 51.1 Å². The van der Waals surface area contributed by atoms with E-state index < -0.39 is 0 Å². The Balaban J connectivity index is 1.48. The van der Waals surface area contributed by atoms with E-state index >= 15 is 0 Å². The molecule has 1 fully saturated rings. The molecule has 0 aliphatic carbocycles. The number of aryl methyl sites for hydroxylation is 1. The molecule has 5 nitrogen and oxygen atoms in total. The molecule has 1 aromatic carbocycles. The largest absolute Gasteiger partial charge is 0.467 e. The number of aromatic nitrogens is 3. The summed E-state index contributed by atoms with van der Waals surface area (Å²) in [6, 6.07) is 8.03. The SMILES string of the molecule is Cc1nc2ccccc2nc1N1CCC(Oc2nccs2)CC1. The second-order valence-electron chi connectivity index (χ2n) is 5.72. The first kappa shape index (κ1) is 14.4. The lowest BCUT2D eigenvalue weighted by Crippen LogP contribution is -2.39. The molecule has 2 aromatic heterocycles. The summed E-state index contributed by atoms with van der Waals surface area (Å²) in [4.78, 5) is 16.0. The summed E-state index contributed by atoms with van der Waals surface area (Å²) in [5.74, 6) is 0.997. The van der Waals surface area contributed by atoms with Gasteiger partial charge in [-0.05, 0) is 19.1 Å². The van der Waals surface area contributed by atoms with Gasteiger partial charge in [-0.15, -0.1) is 0 Å². The van der Waals surface area contributed by atoms with Crippen LogP contribution in [0.2, 0.25) is 0 Å². The van der Waals surface area contributed by atoms with Gasteiger partial charge in [0.15, 0.2) is 5.82 Å². The van der Waals surface area contributed by atoms with Gasteiger partial charge in [-0.3, -0.25) is 0 Å². The quantitative estimate of drug-likeness (QED) is 0.738. The molecular formula is C17H18N4OS. The minimum absolute atomic E-state index is 0.242. The van der Waals surface area contributed by atoms with E-state index in [0.717, 1.165) is 53.7 Å². The average Bonchev–Trinajstić information content (AvgIpc) is 3.08. The van der Waals surface area contributed by atoms with Crippen LogP contribution >= 0.6 is 11.3 Å². The summed E-state index contributed by atoms with van der Waals surface area (Å²) >= 11 is 1.55. The summed E-state index contributed by atoms with van der Waals surface area (Å²) < 4.78 is 5.92. The lowest BCUT2D eigenvalue weighted by molar-refractivity contribution is 0.170. The Morgan fingerprint density at radius 2 is 1.87 bits per heavy atom. The van der Waals surface area contributed by atoms with E-state index in [-0.39, 0.29) is 6.10 Å². The normalized spacial score (nSPS) is 16.0. The molecule has 23 heavy (non-hydrogen) atoms. The molecule has 0 unspecified atom stereocenters. The lowest BCUT2D eigenvalue weighted by Gasteiger charge is -2.33. The van der Waals surface area contributed by atoms with Crippen LogP contribution in [0.25, 0.3) is 11.0 Å². The van der Waals surface area contributed by atoms with Crippen molar-refractivity contribution < 1.29 is 4.74 Å². The molecular weight excluding hydrogens is 308 g/mol. The summed E-state index contributed by atoms with van der Waals surface area (Å²) in [5.41, 5.74) is 2.90. The van der Waals surface area contributed by atoms with Gasteiger partial charge in [-0.2, -0.15) is 0 Å². The maximum atomic E-state index is 5.92. The van der Waals surface area contributed by atoms with Gasteiger partial charge in [0.1, 0.15) is 6.10 Å². The number of benzene rings is 1. The van der Waals surface area contributed by atoms with E-state index in [1.807, 2.05) is 36.6 Å². The van der Waals surface area contributed by atoms with E-state index in [9.17, 15) is 0 Å². The van der Waals surface area contributed by atoms with Crippen LogP contribution in [0.4, 0.5) is 5.82 Å². The van der Waals surface area contributed by atoms with Gasteiger partial charge in [0.25, 0.3) is 5.19 Å². The monoisotopic (exact) mass is 326 g/mol. The first-order valence-electron chi connectivity index (χ1n) is 7.84. The number of anilines is 1. The Hall–Kier alpha value is -2.21. The minimum atomic E-state index is 0.242. The molecule has 1 aliphatic heterocycles. The van der Waals surface area contributed by atoms with Crippen molar-refractivity contribution >= 4 is 28.2 Å². The fourth-order valence-electron chi connectivity index (χ4n) is 2.98. The molecule has 3 aromatic rings. The second kappa shape index (κ2) is 6.12. The molecule has 0 bridgehead atoms. The molecule has 3 heterocycles. The standard InChI is InChI=1S/C17H18N4OS/c1-12-16(20-15-5-3-2-4-14(15)19-12)21-9-6-13(7-10-21)22-17-18-8-11-23-17/h2-5,8,11,13H,6-7,9-10H2,1H3. The zero-order valence-electron chi connectivity index (χ0n) is 13.0. The zero-order chi connectivity index (χ0) is 15.6. The number of nitrogens with zero attached hydrogens (tertiary/aromatic N) is 4. The summed E-state index contributed by atoms with van der Waals surface area (Å²) in [7, 11) is 0. The van der Waals surface area contributed by atoms with Crippen molar-refractivity contribution in [1.82, 2.24) is 15.0 Å². The molecule has 6 heteroatoms. The molecule has 1 aliphatic rings. The molecule has 118 valence electrons. The number of hydrogen-bond acceptors (Lipinski definition) is 6. The highest BCUT2D eigenvalue weighted by Crippen LogP contribution is 2.25. The van der Waals surface area contributed by atoms with Crippen LogP contribution in [0.3, 0.4) is 0 Å². The molecule has 0 N–H and O–H groups in total.